The van der Waals surface area contributed by atoms with Crippen LogP contribution < -0.4 is 4.74 Å². The van der Waals surface area contributed by atoms with E-state index >= 15 is 0 Å². The molecule has 100 valence electrons. The van der Waals surface area contributed by atoms with Crippen LogP contribution in [-0.4, -0.2) is 30.5 Å². The number of aryl methyl sites for hydroxylation is 1. The Hall–Kier alpha value is -1.22. The van der Waals surface area contributed by atoms with Gasteiger partial charge in [-0.3, -0.25) is 4.79 Å². The van der Waals surface area contributed by atoms with E-state index in [9.17, 15) is 4.79 Å². The molecule has 0 atom stereocenters. The van der Waals surface area contributed by atoms with Crippen LogP contribution in [0.3, 0.4) is 0 Å². The smallest absolute Gasteiger partial charge is 0.225 e. The maximum absolute atomic E-state index is 11.8. The van der Waals surface area contributed by atoms with Crippen molar-refractivity contribution in [3.8, 4) is 5.75 Å². The number of nitrogens with zero attached hydrogens (tertiary/aromatic N) is 1. The topological polar surface area (TPSA) is 29.5 Å². The van der Waals surface area contributed by atoms with Gasteiger partial charge >= 0.3 is 0 Å². The molecule has 0 aromatic heterocycles. The fourth-order valence-electron chi connectivity index (χ4n) is 1.76. The van der Waals surface area contributed by atoms with Crippen LogP contribution in [0.1, 0.15) is 25.8 Å². The molecule has 0 radical (unpaired) electrons. The molecule has 0 spiro atoms. The molecule has 0 saturated carbocycles. The summed E-state index contributed by atoms with van der Waals surface area (Å²) < 4.78 is 5.60. The lowest BCUT2D eigenvalue weighted by Gasteiger charge is -2.18. The van der Waals surface area contributed by atoms with E-state index in [1.807, 2.05) is 32.9 Å². The Morgan fingerprint density at radius 1 is 1.33 bits per heavy atom. The van der Waals surface area contributed by atoms with Crippen molar-refractivity contribution in [1.29, 1.82) is 0 Å². The average molecular weight is 270 g/mol. The SMILES string of the molecule is CCN(CC)C(=O)CCOc1ccc(Cl)cc1C. The van der Waals surface area contributed by atoms with Crippen molar-refractivity contribution in [2.45, 2.75) is 27.2 Å². The van der Waals surface area contributed by atoms with Crippen molar-refractivity contribution in [1.82, 2.24) is 4.90 Å². The standard InChI is InChI=1S/C14H20ClNO2/c1-4-16(5-2)14(17)8-9-18-13-7-6-12(15)10-11(13)3/h6-7,10H,4-5,8-9H2,1-3H3. The fourth-order valence-corrected chi connectivity index (χ4v) is 1.98. The summed E-state index contributed by atoms with van der Waals surface area (Å²) in [4.78, 5) is 13.6. The van der Waals surface area contributed by atoms with Gasteiger partial charge in [0.2, 0.25) is 5.91 Å². The monoisotopic (exact) mass is 269 g/mol. The first kappa shape index (κ1) is 14.8. The maximum Gasteiger partial charge on any atom is 0.225 e. The molecule has 1 aromatic carbocycles. The van der Waals surface area contributed by atoms with E-state index in [0.717, 1.165) is 24.4 Å². The van der Waals surface area contributed by atoms with Crippen molar-refractivity contribution in [3.05, 3.63) is 28.8 Å². The number of halogens is 1. The quantitative estimate of drug-likeness (QED) is 0.793. The summed E-state index contributed by atoms with van der Waals surface area (Å²) in [6.07, 6.45) is 0.406. The lowest BCUT2D eigenvalue weighted by Crippen LogP contribution is -2.31. The molecule has 1 aromatic rings. The molecule has 4 heteroatoms. The second-order valence-electron chi connectivity index (χ2n) is 4.07. The van der Waals surface area contributed by atoms with Gasteiger partial charge in [0.25, 0.3) is 0 Å². The third kappa shape index (κ3) is 4.22. The molecule has 0 aliphatic rings. The van der Waals surface area contributed by atoms with Gasteiger partial charge in [-0.05, 0) is 44.5 Å². The molecule has 0 unspecified atom stereocenters. The van der Waals surface area contributed by atoms with Crippen LogP contribution >= 0.6 is 11.6 Å². The average Bonchev–Trinajstić information content (AvgIpc) is 2.33. The Morgan fingerprint density at radius 2 is 2.00 bits per heavy atom. The minimum atomic E-state index is 0.131. The third-order valence-electron chi connectivity index (χ3n) is 2.83. The summed E-state index contributed by atoms with van der Waals surface area (Å²) >= 11 is 5.86. The zero-order valence-corrected chi connectivity index (χ0v) is 12.0. The molecule has 0 aliphatic carbocycles. The molecule has 3 nitrogen and oxygen atoms in total. The Bertz CT molecular complexity index is 403. The molecule has 1 amide bonds. The van der Waals surface area contributed by atoms with Crippen molar-refractivity contribution in [2.24, 2.45) is 0 Å². The second kappa shape index (κ2) is 7.27. The number of rotatable bonds is 6. The van der Waals surface area contributed by atoms with Gasteiger partial charge in [-0.15, -0.1) is 0 Å². The first-order valence-electron chi connectivity index (χ1n) is 6.25. The van der Waals surface area contributed by atoms with E-state index in [0.29, 0.717) is 18.1 Å². The summed E-state index contributed by atoms with van der Waals surface area (Å²) in [5.74, 6) is 0.915. The molecule has 0 fully saturated rings. The number of hydrogen-bond donors (Lipinski definition) is 0. The molecule has 0 heterocycles. The number of benzene rings is 1. The molecular formula is C14H20ClNO2. The lowest BCUT2D eigenvalue weighted by atomic mass is 10.2. The normalized spacial score (nSPS) is 10.2. The predicted octanol–water partition coefficient (Wildman–Crippen LogP) is 3.29. The number of amides is 1. The minimum absolute atomic E-state index is 0.131. The van der Waals surface area contributed by atoms with Gasteiger partial charge in [0.05, 0.1) is 13.0 Å². The van der Waals surface area contributed by atoms with Gasteiger partial charge in [0.15, 0.2) is 0 Å². The van der Waals surface area contributed by atoms with E-state index < -0.39 is 0 Å². The molecule has 0 N–H and O–H groups in total. The van der Waals surface area contributed by atoms with E-state index in [4.69, 9.17) is 16.3 Å². The Morgan fingerprint density at radius 3 is 2.56 bits per heavy atom. The summed E-state index contributed by atoms with van der Waals surface area (Å²) in [5.41, 5.74) is 0.984. The first-order valence-corrected chi connectivity index (χ1v) is 6.63. The van der Waals surface area contributed by atoms with Crippen LogP contribution in [0.15, 0.2) is 18.2 Å². The summed E-state index contributed by atoms with van der Waals surface area (Å²) in [6, 6.07) is 5.47. The molecule has 1 rings (SSSR count). The Kier molecular flexibility index (Phi) is 5.99. The predicted molar refractivity (Wildman–Crippen MR) is 74.2 cm³/mol. The number of carbonyl (C=O) groups excluding carboxylic acids is 1. The minimum Gasteiger partial charge on any atom is -0.493 e. The van der Waals surface area contributed by atoms with Crippen molar-refractivity contribution in [3.63, 3.8) is 0 Å². The largest absolute Gasteiger partial charge is 0.493 e. The molecule has 0 saturated heterocycles. The van der Waals surface area contributed by atoms with E-state index in [-0.39, 0.29) is 5.91 Å². The zero-order chi connectivity index (χ0) is 13.5. The van der Waals surface area contributed by atoms with Gasteiger partial charge < -0.3 is 9.64 Å². The van der Waals surface area contributed by atoms with Gasteiger partial charge in [0, 0.05) is 18.1 Å². The highest BCUT2D eigenvalue weighted by molar-refractivity contribution is 6.30. The van der Waals surface area contributed by atoms with Crippen LogP contribution in [0.2, 0.25) is 5.02 Å². The fraction of sp³-hybridized carbons (Fsp3) is 0.500. The van der Waals surface area contributed by atoms with Crippen LogP contribution in [0, 0.1) is 6.92 Å². The molecule has 0 bridgehead atoms. The summed E-state index contributed by atoms with van der Waals surface area (Å²) in [7, 11) is 0. The molecule has 0 aliphatic heterocycles. The van der Waals surface area contributed by atoms with Crippen molar-refractivity contribution in [2.75, 3.05) is 19.7 Å². The third-order valence-corrected chi connectivity index (χ3v) is 3.06. The Labute approximate surface area is 114 Å². The number of hydrogen-bond acceptors (Lipinski definition) is 2. The molecular weight excluding hydrogens is 250 g/mol. The Balaban J connectivity index is 2.44. The lowest BCUT2D eigenvalue weighted by molar-refractivity contribution is -0.131. The summed E-state index contributed by atoms with van der Waals surface area (Å²) in [6.45, 7) is 7.78. The first-order chi connectivity index (χ1) is 8.58. The van der Waals surface area contributed by atoms with E-state index in [2.05, 4.69) is 0 Å². The van der Waals surface area contributed by atoms with Crippen molar-refractivity contribution < 1.29 is 9.53 Å². The highest BCUT2D eigenvalue weighted by Gasteiger charge is 2.09. The van der Waals surface area contributed by atoms with Gasteiger partial charge in [-0.1, -0.05) is 11.6 Å². The highest BCUT2D eigenvalue weighted by Crippen LogP contribution is 2.21. The van der Waals surface area contributed by atoms with Crippen LogP contribution in [0.5, 0.6) is 5.75 Å². The zero-order valence-electron chi connectivity index (χ0n) is 11.2. The van der Waals surface area contributed by atoms with Gasteiger partial charge in [-0.25, -0.2) is 0 Å². The van der Waals surface area contributed by atoms with E-state index in [1.54, 1.807) is 11.0 Å². The van der Waals surface area contributed by atoms with Gasteiger partial charge in [-0.2, -0.15) is 0 Å². The van der Waals surface area contributed by atoms with Crippen LogP contribution in [0.4, 0.5) is 0 Å². The van der Waals surface area contributed by atoms with Crippen molar-refractivity contribution >= 4 is 17.5 Å². The van der Waals surface area contributed by atoms with E-state index in [1.165, 1.54) is 0 Å². The maximum atomic E-state index is 11.8. The second-order valence-corrected chi connectivity index (χ2v) is 4.51. The van der Waals surface area contributed by atoms with Crippen LogP contribution in [-0.2, 0) is 4.79 Å². The number of carbonyl (C=O) groups is 1. The summed E-state index contributed by atoms with van der Waals surface area (Å²) in [5, 5.41) is 0.694. The molecule has 18 heavy (non-hydrogen) atoms. The van der Waals surface area contributed by atoms with Gasteiger partial charge in [0.1, 0.15) is 5.75 Å². The van der Waals surface area contributed by atoms with Crippen LogP contribution in [0.25, 0.3) is 0 Å². The number of ether oxygens (including phenoxy) is 1. The highest BCUT2D eigenvalue weighted by atomic mass is 35.5.